The van der Waals surface area contributed by atoms with Gasteiger partial charge in [0.05, 0.1) is 6.61 Å². The zero-order valence-corrected chi connectivity index (χ0v) is 19.5. The minimum atomic E-state index is -4.11. The summed E-state index contributed by atoms with van der Waals surface area (Å²) in [6.07, 6.45) is 6.29. The topological polar surface area (TPSA) is 60.4 Å². The van der Waals surface area contributed by atoms with Crippen LogP contribution >= 0.6 is 7.14 Å². The van der Waals surface area contributed by atoms with Crippen LogP contribution in [0, 0.1) is 20.8 Å². The van der Waals surface area contributed by atoms with Crippen molar-refractivity contribution in [2.24, 2.45) is 0 Å². The minimum absolute atomic E-state index is 0.181. The Morgan fingerprint density at radius 1 is 0.867 bits per heavy atom. The zero-order chi connectivity index (χ0) is 22.1. The van der Waals surface area contributed by atoms with Gasteiger partial charge in [0.1, 0.15) is 0 Å². The van der Waals surface area contributed by atoms with Crippen molar-refractivity contribution in [3.8, 4) is 0 Å². The van der Waals surface area contributed by atoms with Gasteiger partial charge in [-0.3, -0.25) is 9.36 Å². The first-order chi connectivity index (χ1) is 14.3. The Hall–Kier alpha value is -2.19. The van der Waals surface area contributed by atoms with Gasteiger partial charge in [-0.05, 0) is 38.3 Å². The smallest absolute Gasteiger partial charge is 0.376 e. The van der Waals surface area contributed by atoms with Gasteiger partial charge in [-0.15, -0.1) is 0 Å². The summed E-state index contributed by atoms with van der Waals surface area (Å²) in [5.41, 5.74) is 1.25. The zero-order valence-electron chi connectivity index (χ0n) is 18.6. The molecular weight excluding hydrogens is 395 g/mol. The van der Waals surface area contributed by atoms with E-state index in [4.69, 9.17) is 4.74 Å². The Morgan fingerprint density at radius 2 is 1.43 bits per heavy atom. The average molecular weight is 429 g/mol. The number of hydrogen-bond acceptors (Lipinski definition) is 4. The number of carbonyl (C=O) groups excluding carboxylic acids is 2. The monoisotopic (exact) mass is 428 g/mol. The van der Waals surface area contributed by atoms with E-state index in [-0.39, 0.29) is 11.9 Å². The molecule has 1 atom stereocenters. The van der Waals surface area contributed by atoms with E-state index < -0.39 is 18.4 Å². The van der Waals surface area contributed by atoms with Crippen LogP contribution in [0.1, 0.15) is 72.5 Å². The van der Waals surface area contributed by atoms with Crippen LogP contribution < -0.4 is 5.30 Å². The Kier molecular flexibility index (Phi) is 9.05. The fourth-order valence-corrected chi connectivity index (χ4v) is 5.89. The maximum absolute atomic E-state index is 14.0. The van der Waals surface area contributed by atoms with E-state index in [0.717, 1.165) is 36.0 Å². The standard InChI is InChI=1S/C25H33O4P/c1-5-6-7-8-9-13-16-29-25(27)30(28,22-14-11-10-12-15-22)24(26)23-20(3)17-19(2)18-21(23)4/h10-12,14-15,17-18H,5-9,13,16H2,1-4H3. The molecule has 0 saturated carbocycles. The van der Waals surface area contributed by atoms with Gasteiger partial charge in [0.2, 0.25) is 5.52 Å². The highest BCUT2D eigenvalue weighted by Crippen LogP contribution is 2.50. The number of unbranched alkanes of at least 4 members (excludes halogenated alkanes) is 5. The Balaban J connectivity index is 2.26. The maximum Gasteiger partial charge on any atom is 0.376 e. The van der Waals surface area contributed by atoms with E-state index in [1.165, 1.54) is 12.8 Å². The van der Waals surface area contributed by atoms with Gasteiger partial charge >= 0.3 is 5.71 Å². The maximum atomic E-state index is 14.0. The van der Waals surface area contributed by atoms with E-state index in [9.17, 15) is 14.2 Å². The van der Waals surface area contributed by atoms with Crippen molar-refractivity contribution < 1.29 is 18.9 Å². The second-order valence-electron chi connectivity index (χ2n) is 7.91. The molecule has 0 spiro atoms. The van der Waals surface area contributed by atoms with Crippen LogP contribution in [-0.2, 0) is 9.30 Å². The number of hydrogen-bond donors (Lipinski definition) is 0. The number of benzene rings is 2. The minimum Gasteiger partial charge on any atom is -0.460 e. The first kappa shape index (κ1) is 24.1. The van der Waals surface area contributed by atoms with Crippen molar-refractivity contribution in [2.75, 3.05) is 6.61 Å². The molecule has 0 radical (unpaired) electrons. The highest BCUT2D eigenvalue weighted by molar-refractivity contribution is 8.00. The van der Waals surface area contributed by atoms with Gasteiger partial charge in [-0.25, -0.2) is 4.79 Å². The van der Waals surface area contributed by atoms with Crippen LogP contribution in [0.25, 0.3) is 0 Å². The van der Waals surface area contributed by atoms with E-state index in [1.807, 2.05) is 32.9 Å². The van der Waals surface area contributed by atoms with Crippen molar-refractivity contribution in [1.82, 2.24) is 0 Å². The lowest BCUT2D eigenvalue weighted by Gasteiger charge is -2.19. The second kappa shape index (κ2) is 11.3. The first-order valence-corrected chi connectivity index (χ1v) is 12.5. The largest absolute Gasteiger partial charge is 0.460 e. The predicted molar refractivity (Wildman–Crippen MR) is 123 cm³/mol. The van der Waals surface area contributed by atoms with Gasteiger partial charge in [0, 0.05) is 10.9 Å². The van der Waals surface area contributed by atoms with E-state index >= 15 is 0 Å². The number of aryl methyl sites for hydroxylation is 3. The van der Waals surface area contributed by atoms with Gasteiger partial charge in [0.25, 0.3) is 7.14 Å². The molecule has 0 saturated heterocycles. The number of carbonyl (C=O) groups is 2. The van der Waals surface area contributed by atoms with Crippen molar-refractivity contribution in [1.29, 1.82) is 0 Å². The summed E-state index contributed by atoms with van der Waals surface area (Å²) in [6, 6.07) is 12.0. The van der Waals surface area contributed by atoms with E-state index in [2.05, 4.69) is 6.92 Å². The average Bonchev–Trinajstić information content (AvgIpc) is 2.72. The molecular formula is C25H33O4P. The molecule has 0 bridgehead atoms. The Bertz CT molecular complexity index is 895. The fraction of sp³-hybridized carbons (Fsp3) is 0.440. The lowest BCUT2D eigenvalue weighted by molar-refractivity contribution is 0.107. The molecule has 1 unspecified atom stereocenters. The summed E-state index contributed by atoms with van der Waals surface area (Å²) >= 11 is 0. The van der Waals surface area contributed by atoms with Gasteiger partial charge in [0.15, 0.2) is 0 Å². The van der Waals surface area contributed by atoms with Crippen molar-refractivity contribution >= 4 is 23.7 Å². The molecule has 0 amide bonds. The van der Waals surface area contributed by atoms with Crippen LogP contribution in [0.5, 0.6) is 0 Å². The molecule has 0 aliphatic carbocycles. The highest BCUT2D eigenvalue weighted by Gasteiger charge is 2.44. The SMILES string of the molecule is CCCCCCCCOC(=O)P(=O)(C(=O)c1c(C)cc(C)cc1C)c1ccccc1. The second-order valence-corrected chi connectivity index (χ2v) is 10.4. The van der Waals surface area contributed by atoms with Gasteiger partial charge in [-0.1, -0.05) is 87.1 Å². The molecule has 0 N–H and O–H groups in total. The normalized spacial score (nSPS) is 12.9. The molecule has 0 heterocycles. The van der Waals surface area contributed by atoms with Crippen molar-refractivity contribution in [2.45, 2.75) is 66.2 Å². The lowest BCUT2D eigenvalue weighted by atomic mass is 10.0. The summed E-state index contributed by atoms with van der Waals surface area (Å²) in [7, 11) is -4.11. The molecule has 2 rings (SSSR count). The third kappa shape index (κ3) is 5.70. The van der Waals surface area contributed by atoms with Crippen molar-refractivity contribution in [3.05, 3.63) is 64.7 Å². The van der Waals surface area contributed by atoms with Crippen LogP contribution in [0.15, 0.2) is 42.5 Å². The molecule has 5 heteroatoms. The molecule has 30 heavy (non-hydrogen) atoms. The van der Waals surface area contributed by atoms with Crippen molar-refractivity contribution in [3.63, 3.8) is 0 Å². The molecule has 0 aliphatic rings. The van der Waals surface area contributed by atoms with Gasteiger partial charge < -0.3 is 4.74 Å². The highest BCUT2D eigenvalue weighted by atomic mass is 31.2. The molecule has 2 aromatic carbocycles. The molecule has 4 nitrogen and oxygen atoms in total. The fourth-order valence-electron chi connectivity index (χ4n) is 3.75. The van der Waals surface area contributed by atoms with Crippen LogP contribution in [0.2, 0.25) is 0 Å². The number of rotatable bonds is 11. The Morgan fingerprint density at radius 3 is 2.03 bits per heavy atom. The van der Waals surface area contributed by atoms with E-state index in [0.29, 0.717) is 12.0 Å². The van der Waals surface area contributed by atoms with E-state index in [1.54, 1.807) is 30.3 Å². The molecule has 0 aromatic heterocycles. The first-order valence-electron chi connectivity index (χ1n) is 10.8. The number of ether oxygens (including phenoxy) is 1. The van der Waals surface area contributed by atoms with Crippen LogP contribution in [-0.4, -0.2) is 17.8 Å². The quantitative estimate of drug-likeness (QED) is 0.287. The third-order valence-electron chi connectivity index (χ3n) is 5.28. The van der Waals surface area contributed by atoms with Crippen LogP contribution in [0.4, 0.5) is 4.79 Å². The summed E-state index contributed by atoms with van der Waals surface area (Å²) in [5, 5.41) is 0.224. The summed E-state index contributed by atoms with van der Waals surface area (Å²) in [6.45, 7) is 7.91. The lowest BCUT2D eigenvalue weighted by Crippen LogP contribution is -2.22. The Labute approximate surface area is 180 Å². The van der Waals surface area contributed by atoms with Gasteiger partial charge in [-0.2, -0.15) is 0 Å². The molecule has 2 aromatic rings. The third-order valence-corrected chi connectivity index (χ3v) is 7.74. The summed E-state index contributed by atoms with van der Waals surface area (Å²) in [5.74, 6) is 0. The summed E-state index contributed by atoms with van der Waals surface area (Å²) < 4.78 is 19.4. The molecule has 0 fully saturated rings. The molecule has 0 aliphatic heterocycles. The van der Waals surface area contributed by atoms with Crippen LogP contribution in [0.3, 0.4) is 0 Å². The summed E-state index contributed by atoms with van der Waals surface area (Å²) in [4.78, 5) is 26.5. The molecule has 162 valence electrons. The predicted octanol–water partition coefficient (Wildman–Crippen LogP) is 6.94.